The van der Waals surface area contributed by atoms with Crippen LogP contribution in [0.25, 0.3) is 10.9 Å². The number of nitrogens with one attached hydrogen (secondary N) is 2. The third kappa shape index (κ3) is 7.93. The summed E-state index contributed by atoms with van der Waals surface area (Å²) in [6, 6.07) is 23.0. The Morgan fingerprint density at radius 1 is 1.07 bits per heavy atom. The van der Waals surface area contributed by atoms with E-state index in [1.165, 1.54) is 5.56 Å². The largest absolute Gasteiger partial charge is 0.469 e. The van der Waals surface area contributed by atoms with E-state index in [-0.39, 0.29) is 18.9 Å². The Hall–Kier alpha value is -3.74. The second kappa shape index (κ2) is 12.8. The summed E-state index contributed by atoms with van der Waals surface area (Å²) in [5.41, 5.74) is 6.03. The van der Waals surface area contributed by atoms with Crippen molar-refractivity contribution in [2.45, 2.75) is 38.5 Å². The van der Waals surface area contributed by atoms with Crippen LogP contribution in [0, 0.1) is 18.8 Å². The van der Waals surface area contributed by atoms with Crippen LogP contribution in [0.15, 0.2) is 79.0 Å². The molecule has 4 N–H and O–H groups in total. The molecule has 1 aliphatic rings. The zero-order valence-corrected chi connectivity index (χ0v) is 23.5. The van der Waals surface area contributed by atoms with Gasteiger partial charge in [0.1, 0.15) is 12.1 Å². The molecule has 9 nitrogen and oxygen atoms in total. The summed E-state index contributed by atoms with van der Waals surface area (Å²) in [5.74, 6) is 6.10. The molecule has 0 radical (unpaired) electrons. The van der Waals surface area contributed by atoms with E-state index in [4.69, 9.17) is 14.6 Å². The summed E-state index contributed by atoms with van der Waals surface area (Å²) < 4.78 is 15.9. The molecule has 2 heterocycles. The van der Waals surface area contributed by atoms with Crippen LogP contribution < -0.4 is 5.32 Å². The van der Waals surface area contributed by atoms with E-state index >= 15 is 0 Å². The first kappa shape index (κ1) is 28.8. The number of amides is 1. The van der Waals surface area contributed by atoms with E-state index in [0.29, 0.717) is 19.5 Å². The van der Waals surface area contributed by atoms with Gasteiger partial charge in [0.2, 0.25) is 5.91 Å². The fraction of sp³-hybridized carbons (Fsp3) is 0.258. The molecule has 5 rings (SSSR count). The molecule has 1 aromatic heterocycles. The van der Waals surface area contributed by atoms with E-state index in [0.717, 1.165) is 33.2 Å². The average molecular weight is 574 g/mol. The Balaban J connectivity index is 1.22. The van der Waals surface area contributed by atoms with Crippen LogP contribution in [-0.4, -0.2) is 51.0 Å². The number of fused-ring (bicyclic) bond motifs is 1. The second-order valence-electron chi connectivity index (χ2n) is 10.1. The standard InChI is InChI=1S/C31H32N3O6P/c1-22-6-8-23(9-7-22)10-11-24-12-14-25(15-13-24)20-34-30(18-27(40-34)21-39-41(36,37)38)31(35)32-17-16-26-19-33-29-5-3-2-4-28(26)29/h2-9,12-15,19,27,30,33H,16-18,20-21H2,1H3,(H,32,35)(H2,36,37,38). The predicted octanol–water partition coefficient (Wildman–Crippen LogP) is 4.22. The Morgan fingerprint density at radius 3 is 2.46 bits per heavy atom. The lowest BCUT2D eigenvalue weighted by molar-refractivity contribution is -0.180. The van der Waals surface area contributed by atoms with Crippen molar-refractivity contribution in [2.75, 3.05) is 13.2 Å². The maximum atomic E-state index is 13.2. The van der Waals surface area contributed by atoms with Gasteiger partial charge in [0.15, 0.2) is 0 Å². The predicted molar refractivity (Wildman–Crippen MR) is 155 cm³/mol. The van der Waals surface area contributed by atoms with E-state index in [1.54, 1.807) is 5.06 Å². The summed E-state index contributed by atoms with van der Waals surface area (Å²) in [6.07, 6.45) is 2.16. The lowest BCUT2D eigenvalue weighted by atomic mass is 10.1. The smallest absolute Gasteiger partial charge is 0.361 e. The first-order valence-electron chi connectivity index (χ1n) is 13.4. The normalized spacial score (nSPS) is 17.3. The van der Waals surface area contributed by atoms with Gasteiger partial charge < -0.3 is 20.1 Å². The highest BCUT2D eigenvalue weighted by molar-refractivity contribution is 7.46. The van der Waals surface area contributed by atoms with Crippen LogP contribution in [0.3, 0.4) is 0 Å². The van der Waals surface area contributed by atoms with Crippen LogP contribution in [-0.2, 0) is 31.7 Å². The van der Waals surface area contributed by atoms with Gasteiger partial charge in [0.05, 0.1) is 13.2 Å². The quantitative estimate of drug-likeness (QED) is 0.175. The number of hydrogen-bond acceptors (Lipinski definition) is 5. The van der Waals surface area contributed by atoms with E-state index < -0.39 is 20.0 Å². The number of aromatic amines is 1. The number of hydrogen-bond donors (Lipinski definition) is 4. The summed E-state index contributed by atoms with van der Waals surface area (Å²) >= 11 is 0. The van der Waals surface area contributed by atoms with Crippen LogP contribution in [0.1, 0.15) is 34.2 Å². The van der Waals surface area contributed by atoms with Crippen molar-refractivity contribution in [1.82, 2.24) is 15.4 Å². The topological polar surface area (TPSA) is 124 Å². The number of rotatable bonds is 9. The monoisotopic (exact) mass is 573 g/mol. The van der Waals surface area contributed by atoms with Gasteiger partial charge in [0, 0.05) is 41.2 Å². The lowest BCUT2D eigenvalue weighted by Gasteiger charge is -2.22. The Bertz CT molecular complexity index is 1600. The Kier molecular flexibility index (Phi) is 9.01. The number of carbonyl (C=O) groups is 1. The number of aromatic nitrogens is 1. The number of benzene rings is 3. The van der Waals surface area contributed by atoms with E-state index in [1.807, 2.05) is 85.9 Å². The van der Waals surface area contributed by atoms with Gasteiger partial charge in [-0.1, -0.05) is 59.9 Å². The molecule has 41 heavy (non-hydrogen) atoms. The van der Waals surface area contributed by atoms with Gasteiger partial charge in [0.25, 0.3) is 0 Å². The SMILES string of the molecule is Cc1ccc(C#Cc2ccc(CN3OC(COP(=O)(O)O)CC3C(=O)NCCc3c[nH]c4ccccc34)cc2)cc1. The number of hydroxylamine groups is 2. The number of phosphoric acid groups is 1. The molecule has 0 saturated carbocycles. The highest BCUT2D eigenvalue weighted by Crippen LogP contribution is 2.37. The Labute approximate surface area is 238 Å². The molecule has 2 atom stereocenters. The molecule has 212 valence electrons. The van der Waals surface area contributed by atoms with Gasteiger partial charge in [-0.25, -0.2) is 4.57 Å². The highest BCUT2D eigenvalue weighted by Gasteiger charge is 2.39. The molecule has 10 heteroatoms. The molecule has 2 unspecified atom stereocenters. The molecule has 0 bridgehead atoms. The van der Waals surface area contributed by atoms with Crippen molar-refractivity contribution < 1.29 is 28.5 Å². The van der Waals surface area contributed by atoms with Gasteiger partial charge in [-0.2, -0.15) is 5.06 Å². The minimum atomic E-state index is -4.67. The van der Waals surface area contributed by atoms with Crippen LogP contribution >= 0.6 is 7.82 Å². The number of carbonyl (C=O) groups excluding carboxylic acids is 1. The molecule has 0 spiro atoms. The molecular weight excluding hydrogens is 541 g/mol. The van der Waals surface area contributed by atoms with Crippen LogP contribution in [0.4, 0.5) is 0 Å². The van der Waals surface area contributed by atoms with Gasteiger partial charge >= 0.3 is 7.82 Å². The number of nitrogens with zero attached hydrogens (tertiary/aromatic N) is 1. The lowest BCUT2D eigenvalue weighted by Crippen LogP contribution is -2.43. The molecule has 1 fully saturated rings. The van der Waals surface area contributed by atoms with Crippen LogP contribution in [0.5, 0.6) is 0 Å². The molecular formula is C31H32N3O6P. The summed E-state index contributed by atoms with van der Waals surface area (Å²) in [7, 11) is -4.67. The molecule has 1 aliphatic heterocycles. The van der Waals surface area contributed by atoms with Crippen molar-refractivity contribution >= 4 is 24.6 Å². The maximum Gasteiger partial charge on any atom is 0.469 e. The molecule has 4 aromatic rings. The maximum absolute atomic E-state index is 13.2. The van der Waals surface area contributed by atoms with Crippen molar-refractivity contribution in [3.63, 3.8) is 0 Å². The van der Waals surface area contributed by atoms with Gasteiger partial charge in [-0.3, -0.25) is 14.2 Å². The third-order valence-corrected chi connectivity index (χ3v) is 7.40. The van der Waals surface area contributed by atoms with Crippen molar-refractivity contribution in [3.8, 4) is 11.8 Å². The van der Waals surface area contributed by atoms with Gasteiger partial charge in [-0.05, 0) is 54.8 Å². The summed E-state index contributed by atoms with van der Waals surface area (Å²) in [4.78, 5) is 40.6. The zero-order chi connectivity index (χ0) is 28.8. The minimum Gasteiger partial charge on any atom is -0.361 e. The van der Waals surface area contributed by atoms with Crippen molar-refractivity contribution in [3.05, 3.63) is 107 Å². The third-order valence-electron chi connectivity index (χ3n) is 6.91. The number of aryl methyl sites for hydroxylation is 1. The van der Waals surface area contributed by atoms with Crippen LogP contribution in [0.2, 0.25) is 0 Å². The summed E-state index contributed by atoms with van der Waals surface area (Å²) in [5, 5.41) is 5.67. The van der Waals surface area contributed by atoms with E-state index in [9.17, 15) is 9.36 Å². The van der Waals surface area contributed by atoms with E-state index in [2.05, 4.69) is 26.7 Å². The zero-order valence-electron chi connectivity index (χ0n) is 22.6. The highest BCUT2D eigenvalue weighted by atomic mass is 31.2. The number of para-hydroxylation sites is 1. The van der Waals surface area contributed by atoms with Crippen molar-refractivity contribution in [2.24, 2.45) is 0 Å². The van der Waals surface area contributed by atoms with Crippen molar-refractivity contribution in [1.29, 1.82) is 0 Å². The number of phosphoric ester groups is 1. The van der Waals surface area contributed by atoms with Gasteiger partial charge in [-0.15, -0.1) is 0 Å². The molecule has 3 aromatic carbocycles. The molecule has 0 aliphatic carbocycles. The first-order valence-corrected chi connectivity index (χ1v) is 14.9. The molecule has 1 amide bonds. The number of H-pyrrole nitrogens is 1. The minimum absolute atomic E-state index is 0.218. The second-order valence-corrected chi connectivity index (χ2v) is 11.3. The first-order chi connectivity index (χ1) is 19.7. The fourth-order valence-electron chi connectivity index (χ4n) is 4.77. The average Bonchev–Trinajstić information content (AvgIpc) is 3.56. The Morgan fingerprint density at radius 2 is 1.76 bits per heavy atom. The summed E-state index contributed by atoms with van der Waals surface area (Å²) in [6.45, 7) is 2.45. The fourth-order valence-corrected chi connectivity index (χ4v) is 5.13. The molecule has 1 saturated heterocycles.